The fraction of sp³-hybridized carbons (Fsp3) is 0.273. The molecule has 0 aliphatic rings. The van der Waals surface area contributed by atoms with Crippen molar-refractivity contribution < 1.29 is 9.53 Å². The molecule has 3 rings (SSSR count). The molecule has 140 valence electrons. The fourth-order valence-corrected chi connectivity index (χ4v) is 2.93. The SMILES string of the molecule is Cc1nn(-c2ccccc2)c(C)c1NC(=O)COc1cccc(C(C)C)c1. The van der Waals surface area contributed by atoms with Crippen molar-refractivity contribution in [1.82, 2.24) is 9.78 Å². The summed E-state index contributed by atoms with van der Waals surface area (Å²) in [6.45, 7) is 8.03. The van der Waals surface area contributed by atoms with Gasteiger partial charge < -0.3 is 10.1 Å². The Labute approximate surface area is 160 Å². The lowest BCUT2D eigenvalue weighted by atomic mass is 10.0. The number of rotatable bonds is 6. The molecule has 0 aliphatic carbocycles. The van der Waals surface area contributed by atoms with Gasteiger partial charge in [-0.2, -0.15) is 5.10 Å². The molecule has 0 radical (unpaired) electrons. The van der Waals surface area contributed by atoms with E-state index in [1.165, 1.54) is 5.56 Å². The highest BCUT2D eigenvalue weighted by Crippen LogP contribution is 2.23. The zero-order chi connectivity index (χ0) is 19.4. The minimum absolute atomic E-state index is 0.0447. The van der Waals surface area contributed by atoms with Crippen LogP contribution in [0.25, 0.3) is 5.69 Å². The normalized spacial score (nSPS) is 10.9. The number of para-hydroxylation sites is 1. The molecule has 2 aromatic carbocycles. The quantitative estimate of drug-likeness (QED) is 0.695. The Bertz CT molecular complexity index is 930. The zero-order valence-electron chi connectivity index (χ0n) is 16.2. The van der Waals surface area contributed by atoms with Crippen LogP contribution in [0.4, 0.5) is 5.69 Å². The largest absolute Gasteiger partial charge is 0.484 e. The Kier molecular flexibility index (Phi) is 5.60. The Morgan fingerprint density at radius 3 is 2.56 bits per heavy atom. The maximum absolute atomic E-state index is 12.4. The number of aryl methyl sites for hydroxylation is 1. The van der Waals surface area contributed by atoms with E-state index in [1.807, 2.05) is 67.1 Å². The summed E-state index contributed by atoms with van der Waals surface area (Å²) in [7, 11) is 0. The van der Waals surface area contributed by atoms with Crippen molar-refractivity contribution >= 4 is 11.6 Å². The van der Waals surface area contributed by atoms with Gasteiger partial charge in [0, 0.05) is 0 Å². The lowest BCUT2D eigenvalue weighted by Gasteiger charge is -2.10. The van der Waals surface area contributed by atoms with Gasteiger partial charge in [-0.3, -0.25) is 4.79 Å². The Morgan fingerprint density at radius 2 is 1.85 bits per heavy atom. The van der Waals surface area contributed by atoms with E-state index < -0.39 is 0 Å². The third-order valence-corrected chi connectivity index (χ3v) is 4.45. The molecule has 1 N–H and O–H groups in total. The average Bonchev–Trinajstić information content (AvgIpc) is 2.95. The third kappa shape index (κ3) is 4.37. The molecular weight excluding hydrogens is 338 g/mol. The lowest BCUT2D eigenvalue weighted by Crippen LogP contribution is -2.21. The minimum Gasteiger partial charge on any atom is -0.484 e. The van der Waals surface area contributed by atoms with Gasteiger partial charge in [0.15, 0.2) is 6.61 Å². The van der Waals surface area contributed by atoms with Gasteiger partial charge in [0.2, 0.25) is 0 Å². The Balaban J connectivity index is 1.68. The molecule has 0 atom stereocenters. The van der Waals surface area contributed by atoms with E-state index in [-0.39, 0.29) is 12.5 Å². The number of amides is 1. The van der Waals surface area contributed by atoms with Crippen molar-refractivity contribution in [1.29, 1.82) is 0 Å². The summed E-state index contributed by atoms with van der Waals surface area (Å²) in [5.41, 5.74) is 4.52. The molecule has 27 heavy (non-hydrogen) atoms. The van der Waals surface area contributed by atoms with E-state index in [4.69, 9.17) is 4.74 Å². The molecule has 0 bridgehead atoms. The zero-order valence-corrected chi connectivity index (χ0v) is 16.2. The second kappa shape index (κ2) is 8.08. The molecule has 3 aromatic rings. The average molecular weight is 363 g/mol. The van der Waals surface area contributed by atoms with Gasteiger partial charge in [0.25, 0.3) is 5.91 Å². The maximum atomic E-state index is 12.4. The van der Waals surface area contributed by atoms with Crippen molar-refractivity contribution in [2.24, 2.45) is 0 Å². The highest BCUT2D eigenvalue weighted by atomic mass is 16.5. The topological polar surface area (TPSA) is 56.2 Å². The number of carbonyl (C=O) groups is 1. The molecule has 0 fully saturated rings. The molecule has 1 aromatic heterocycles. The van der Waals surface area contributed by atoms with Crippen LogP contribution in [-0.2, 0) is 4.79 Å². The molecule has 0 saturated heterocycles. The highest BCUT2D eigenvalue weighted by Gasteiger charge is 2.15. The first-order valence-corrected chi connectivity index (χ1v) is 9.10. The van der Waals surface area contributed by atoms with Crippen molar-refractivity contribution in [3.63, 3.8) is 0 Å². The van der Waals surface area contributed by atoms with Gasteiger partial charge in [-0.1, -0.05) is 44.2 Å². The van der Waals surface area contributed by atoms with Gasteiger partial charge in [-0.15, -0.1) is 0 Å². The summed E-state index contributed by atoms with van der Waals surface area (Å²) >= 11 is 0. The van der Waals surface area contributed by atoms with E-state index >= 15 is 0 Å². The number of anilines is 1. The predicted octanol–water partition coefficient (Wildman–Crippen LogP) is 4.63. The van der Waals surface area contributed by atoms with Gasteiger partial charge in [-0.25, -0.2) is 4.68 Å². The van der Waals surface area contributed by atoms with Crippen LogP contribution in [-0.4, -0.2) is 22.3 Å². The van der Waals surface area contributed by atoms with Crippen molar-refractivity contribution in [3.8, 4) is 11.4 Å². The summed E-state index contributed by atoms with van der Waals surface area (Å²) in [6.07, 6.45) is 0. The molecule has 0 aliphatic heterocycles. The summed E-state index contributed by atoms with van der Waals surface area (Å²) in [6, 6.07) is 17.7. The monoisotopic (exact) mass is 363 g/mol. The van der Waals surface area contributed by atoms with Crippen LogP contribution >= 0.6 is 0 Å². The van der Waals surface area contributed by atoms with Gasteiger partial charge in [0.05, 0.1) is 22.8 Å². The van der Waals surface area contributed by atoms with E-state index in [0.717, 1.165) is 22.8 Å². The van der Waals surface area contributed by atoms with E-state index in [0.29, 0.717) is 11.7 Å². The van der Waals surface area contributed by atoms with Crippen molar-refractivity contribution in [3.05, 3.63) is 71.5 Å². The fourth-order valence-electron chi connectivity index (χ4n) is 2.93. The molecule has 0 saturated carbocycles. The molecule has 0 unspecified atom stereocenters. The number of hydrogen-bond donors (Lipinski definition) is 1. The van der Waals surface area contributed by atoms with Crippen LogP contribution in [0.3, 0.4) is 0 Å². The molecular formula is C22H25N3O2. The van der Waals surface area contributed by atoms with Crippen LogP contribution in [0.15, 0.2) is 54.6 Å². The number of carbonyl (C=O) groups excluding carboxylic acids is 1. The molecule has 1 amide bonds. The number of nitrogens with zero attached hydrogens (tertiary/aromatic N) is 2. The summed E-state index contributed by atoms with van der Waals surface area (Å²) < 4.78 is 7.49. The van der Waals surface area contributed by atoms with E-state index in [2.05, 4.69) is 30.3 Å². The number of aromatic nitrogens is 2. The standard InChI is InChI=1S/C22H25N3O2/c1-15(2)18-9-8-12-20(13-18)27-14-21(26)23-22-16(3)24-25(17(22)4)19-10-6-5-7-11-19/h5-13,15H,14H2,1-4H3,(H,23,26). The van der Waals surface area contributed by atoms with Crippen LogP contribution in [0, 0.1) is 13.8 Å². The summed E-state index contributed by atoms with van der Waals surface area (Å²) in [5, 5.41) is 7.47. The third-order valence-electron chi connectivity index (χ3n) is 4.45. The van der Waals surface area contributed by atoms with Crippen LogP contribution in [0.5, 0.6) is 5.75 Å². The number of ether oxygens (including phenoxy) is 1. The van der Waals surface area contributed by atoms with Crippen molar-refractivity contribution in [2.45, 2.75) is 33.6 Å². The predicted molar refractivity (Wildman–Crippen MR) is 108 cm³/mol. The Morgan fingerprint density at radius 1 is 1.11 bits per heavy atom. The molecule has 1 heterocycles. The first-order chi connectivity index (χ1) is 13.0. The van der Waals surface area contributed by atoms with Gasteiger partial charge >= 0.3 is 0 Å². The Hall–Kier alpha value is -3.08. The molecule has 5 nitrogen and oxygen atoms in total. The molecule has 0 spiro atoms. The van der Waals surface area contributed by atoms with Crippen LogP contribution in [0.2, 0.25) is 0 Å². The second-order valence-electron chi connectivity index (χ2n) is 6.86. The van der Waals surface area contributed by atoms with Crippen LogP contribution < -0.4 is 10.1 Å². The highest BCUT2D eigenvalue weighted by molar-refractivity contribution is 5.93. The number of hydrogen-bond acceptors (Lipinski definition) is 3. The van der Waals surface area contributed by atoms with Gasteiger partial charge in [0.1, 0.15) is 5.75 Å². The molecule has 5 heteroatoms. The van der Waals surface area contributed by atoms with Crippen LogP contribution in [0.1, 0.15) is 36.7 Å². The second-order valence-corrected chi connectivity index (χ2v) is 6.86. The number of benzene rings is 2. The minimum atomic E-state index is -0.205. The van der Waals surface area contributed by atoms with Crippen molar-refractivity contribution in [2.75, 3.05) is 11.9 Å². The smallest absolute Gasteiger partial charge is 0.262 e. The maximum Gasteiger partial charge on any atom is 0.262 e. The van der Waals surface area contributed by atoms with E-state index in [1.54, 1.807) is 0 Å². The summed E-state index contributed by atoms with van der Waals surface area (Å²) in [4.78, 5) is 12.4. The van der Waals surface area contributed by atoms with Gasteiger partial charge in [-0.05, 0) is 49.6 Å². The first kappa shape index (κ1) is 18.7. The first-order valence-electron chi connectivity index (χ1n) is 9.10. The summed E-state index contributed by atoms with van der Waals surface area (Å²) in [5.74, 6) is 0.907. The lowest BCUT2D eigenvalue weighted by molar-refractivity contribution is -0.118. The van der Waals surface area contributed by atoms with E-state index in [9.17, 15) is 4.79 Å². The number of nitrogens with one attached hydrogen (secondary N) is 1.